The highest BCUT2D eigenvalue weighted by Gasteiger charge is 2.33. The van der Waals surface area contributed by atoms with Crippen molar-refractivity contribution in [2.75, 3.05) is 26.2 Å². The normalized spacial score (nSPS) is 21.8. The average Bonchev–Trinajstić information content (AvgIpc) is 3.18. The highest BCUT2D eigenvalue weighted by Crippen LogP contribution is 2.29. The molecule has 3 saturated heterocycles. The quantitative estimate of drug-likeness (QED) is 0.665. The number of imidazole rings is 1. The molecule has 2 bridgehead atoms. The van der Waals surface area contributed by atoms with E-state index in [4.69, 9.17) is 0 Å². The van der Waals surface area contributed by atoms with Crippen LogP contribution in [-0.4, -0.2) is 61.4 Å². The van der Waals surface area contributed by atoms with Gasteiger partial charge in [0, 0.05) is 56.0 Å². The van der Waals surface area contributed by atoms with Gasteiger partial charge in [0.25, 0.3) is 5.91 Å². The van der Waals surface area contributed by atoms with Crippen LogP contribution in [0, 0.1) is 0 Å². The first-order valence-electron chi connectivity index (χ1n) is 10.3. The number of amides is 1. The van der Waals surface area contributed by atoms with E-state index in [0.717, 1.165) is 54.8 Å². The molecule has 3 fully saturated rings. The minimum absolute atomic E-state index is 0.0425. The first-order chi connectivity index (χ1) is 14.0. The molecule has 3 aliphatic rings. The zero-order chi connectivity index (χ0) is 20.1. The zero-order valence-corrected chi connectivity index (χ0v) is 17.6. The Bertz CT molecular complexity index is 1120. The molecule has 5 heterocycles. The number of piperidine rings is 1. The Morgan fingerprint density at radius 2 is 1.93 bits per heavy atom. The number of carbonyl (C=O) groups excluding carboxylic acids is 1. The Morgan fingerprint density at radius 1 is 1.14 bits per heavy atom. The van der Waals surface area contributed by atoms with E-state index < -0.39 is 0 Å². The molecule has 152 valence electrons. The van der Waals surface area contributed by atoms with Gasteiger partial charge in [0.15, 0.2) is 0 Å². The predicted molar refractivity (Wildman–Crippen MR) is 114 cm³/mol. The second kappa shape index (κ2) is 7.11. The molecule has 7 nitrogen and oxygen atoms in total. The van der Waals surface area contributed by atoms with Gasteiger partial charge in [-0.1, -0.05) is 0 Å². The van der Waals surface area contributed by atoms with E-state index in [-0.39, 0.29) is 17.6 Å². The van der Waals surface area contributed by atoms with Gasteiger partial charge in [-0.05, 0) is 56.4 Å². The summed E-state index contributed by atoms with van der Waals surface area (Å²) in [7, 11) is 0. The third-order valence-electron chi connectivity index (χ3n) is 6.21. The maximum absolute atomic E-state index is 13.3. The molecule has 0 unspecified atom stereocenters. The highest BCUT2D eigenvalue weighted by atomic mass is 32.1. The van der Waals surface area contributed by atoms with Crippen molar-refractivity contribution in [2.45, 2.75) is 38.8 Å². The summed E-state index contributed by atoms with van der Waals surface area (Å²) in [4.78, 5) is 30.4. The van der Waals surface area contributed by atoms with Crippen molar-refractivity contribution in [1.82, 2.24) is 23.3 Å². The molecule has 1 aromatic carbocycles. The number of hydrogen-bond donors (Lipinski definition) is 0. The maximum Gasteiger partial charge on any atom is 0.332 e. The summed E-state index contributed by atoms with van der Waals surface area (Å²) in [6.45, 7) is 7.87. The summed E-state index contributed by atoms with van der Waals surface area (Å²) in [5.74, 6) is 0.0425. The van der Waals surface area contributed by atoms with Crippen LogP contribution in [0.5, 0.6) is 0 Å². The zero-order valence-electron chi connectivity index (χ0n) is 16.7. The van der Waals surface area contributed by atoms with E-state index >= 15 is 0 Å². The van der Waals surface area contributed by atoms with E-state index in [2.05, 4.69) is 9.27 Å². The second-order valence-corrected chi connectivity index (χ2v) is 9.04. The van der Waals surface area contributed by atoms with E-state index in [9.17, 15) is 9.59 Å². The van der Waals surface area contributed by atoms with Crippen LogP contribution in [0.25, 0.3) is 15.8 Å². The molecular formula is C21H25N5O2S. The van der Waals surface area contributed by atoms with E-state index in [0.29, 0.717) is 11.7 Å². The number of fused-ring (bicyclic) bond motifs is 5. The topological polar surface area (TPSA) is 63.4 Å². The van der Waals surface area contributed by atoms with Crippen LogP contribution >= 0.6 is 11.5 Å². The van der Waals surface area contributed by atoms with Gasteiger partial charge in [-0.25, -0.2) is 4.79 Å². The number of aromatic nitrogens is 3. The third kappa shape index (κ3) is 3.11. The molecule has 0 atom stereocenters. The van der Waals surface area contributed by atoms with Gasteiger partial charge < -0.3 is 9.80 Å². The Labute approximate surface area is 173 Å². The first kappa shape index (κ1) is 18.6. The van der Waals surface area contributed by atoms with Crippen LogP contribution < -0.4 is 5.69 Å². The lowest BCUT2D eigenvalue weighted by Gasteiger charge is -2.31. The van der Waals surface area contributed by atoms with Crippen LogP contribution in [0.15, 0.2) is 35.4 Å². The fraction of sp³-hybridized carbons (Fsp3) is 0.476. The van der Waals surface area contributed by atoms with Gasteiger partial charge in [-0.15, -0.1) is 0 Å². The van der Waals surface area contributed by atoms with Crippen LogP contribution in [0.1, 0.15) is 43.2 Å². The predicted octanol–water partition coefficient (Wildman–Crippen LogP) is 2.75. The van der Waals surface area contributed by atoms with Crippen molar-refractivity contribution in [1.29, 1.82) is 0 Å². The second-order valence-electron chi connectivity index (χ2n) is 8.23. The van der Waals surface area contributed by atoms with Gasteiger partial charge in [0.05, 0.1) is 10.4 Å². The summed E-state index contributed by atoms with van der Waals surface area (Å²) < 4.78 is 8.79. The van der Waals surface area contributed by atoms with Crippen LogP contribution in [0.3, 0.4) is 0 Å². The fourth-order valence-corrected chi connectivity index (χ4v) is 5.30. The summed E-state index contributed by atoms with van der Waals surface area (Å²) in [5, 5.41) is 0.874. The number of benzene rings is 1. The van der Waals surface area contributed by atoms with E-state index in [1.165, 1.54) is 11.5 Å². The molecule has 3 aromatic rings. The summed E-state index contributed by atoms with van der Waals surface area (Å²) >= 11 is 1.33. The van der Waals surface area contributed by atoms with Crippen molar-refractivity contribution in [3.8, 4) is 5.69 Å². The Morgan fingerprint density at radius 3 is 2.66 bits per heavy atom. The molecule has 0 N–H and O–H groups in total. The fourth-order valence-electron chi connectivity index (χ4n) is 4.50. The number of nitrogens with zero attached hydrogens (tertiary/aromatic N) is 5. The lowest BCUT2D eigenvalue weighted by Crippen LogP contribution is -2.41. The molecule has 0 spiro atoms. The Kier molecular flexibility index (Phi) is 4.55. The number of carbonyl (C=O) groups is 1. The van der Waals surface area contributed by atoms with Crippen LogP contribution in [-0.2, 0) is 0 Å². The molecule has 1 amide bonds. The largest absolute Gasteiger partial charge is 0.333 e. The van der Waals surface area contributed by atoms with Crippen LogP contribution in [0.4, 0.5) is 0 Å². The number of rotatable bonds is 3. The lowest BCUT2D eigenvalue weighted by atomic mass is 10.0. The maximum atomic E-state index is 13.3. The third-order valence-corrected chi connectivity index (χ3v) is 7.02. The van der Waals surface area contributed by atoms with Crippen molar-refractivity contribution in [3.05, 3.63) is 46.8 Å². The molecule has 29 heavy (non-hydrogen) atoms. The van der Waals surface area contributed by atoms with Crippen molar-refractivity contribution in [3.63, 3.8) is 0 Å². The minimum Gasteiger partial charge on any atom is -0.333 e. The van der Waals surface area contributed by atoms with E-state index in [1.54, 1.807) is 15.3 Å². The van der Waals surface area contributed by atoms with Gasteiger partial charge in [0.2, 0.25) is 0 Å². The average molecular weight is 412 g/mol. The monoisotopic (exact) mass is 411 g/mol. The van der Waals surface area contributed by atoms with Crippen molar-refractivity contribution in [2.24, 2.45) is 0 Å². The van der Waals surface area contributed by atoms with E-state index in [1.807, 2.05) is 43.1 Å². The molecule has 0 saturated carbocycles. The molecule has 8 heteroatoms. The van der Waals surface area contributed by atoms with Gasteiger partial charge in [-0.3, -0.25) is 13.9 Å². The van der Waals surface area contributed by atoms with Gasteiger partial charge in [-0.2, -0.15) is 4.37 Å². The summed E-state index contributed by atoms with van der Waals surface area (Å²) in [5.41, 5.74) is 1.28. The standard InChI is InChI=1S/C21H25N5O2S/c1-14(2)24-11-12-26(21(24)28)16-3-4-17-18(13-16)29-22-19(17)20(27)25-10-9-23-7-5-15(25)6-8-23/h3-4,11-15H,5-10H2,1-2H3. The van der Waals surface area contributed by atoms with Gasteiger partial charge in [0.1, 0.15) is 5.69 Å². The Balaban J connectivity index is 1.48. The first-order valence-corrected chi connectivity index (χ1v) is 11.0. The van der Waals surface area contributed by atoms with Crippen molar-refractivity contribution >= 4 is 27.5 Å². The SMILES string of the molecule is CC(C)n1ccn(-c2ccc3c(C(=O)N4CCN5CCC4CC5)nsc3c2)c1=O. The smallest absolute Gasteiger partial charge is 0.332 e. The molecule has 2 aromatic heterocycles. The summed E-state index contributed by atoms with van der Waals surface area (Å²) in [6, 6.07) is 6.22. The molecule has 3 aliphatic heterocycles. The Hall–Kier alpha value is -2.45. The van der Waals surface area contributed by atoms with Crippen molar-refractivity contribution < 1.29 is 4.79 Å². The van der Waals surface area contributed by atoms with Crippen LogP contribution in [0.2, 0.25) is 0 Å². The lowest BCUT2D eigenvalue weighted by molar-refractivity contribution is 0.0682. The summed E-state index contributed by atoms with van der Waals surface area (Å²) in [6.07, 6.45) is 5.70. The molecule has 6 rings (SSSR count). The highest BCUT2D eigenvalue weighted by molar-refractivity contribution is 7.13. The number of hydrogen-bond acceptors (Lipinski definition) is 5. The molecule has 0 radical (unpaired) electrons. The molecular weight excluding hydrogens is 386 g/mol. The molecule has 0 aliphatic carbocycles. The minimum atomic E-state index is -0.0597. The van der Waals surface area contributed by atoms with Gasteiger partial charge >= 0.3 is 5.69 Å².